The summed E-state index contributed by atoms with van der Waals surface area (Å²) in [6.45, 7) is 3.49. The zero-order valence-corrected chi connectivity index (χ0v) is 6.53. The molecule has 0 aliphatic heterocycles. The van der Waals surface area contributed by atoms with Crippen LogP contribution >= 0.6 is 0 Å². The maximum absolute atomic E-state index is 10.7. The number of ether oxygens (including phenoxy) is 1. The second-order valence-corrected chi connectivity index (χ2v) is 2.51. The van der Waals surface area contributed by atoms with E-state index in [4.69, 9.17) is 5.73 Å². The summed E-state index contributed by atoms with van der Waals surface area (Å²) in [6.07, 6.45) is -1.12. The van der Waals surface area contributed by atoms with Crippen LogP contribution in [0.4, 0.5) is 4.79 Å². The molecule has 1 atom stereocenters. The molecule has 0 radical (unpaired) electrons. The summed E-state index contributed by atoms with van der Waals surface area (Å²) in [5, 5.41) is 0. The summed E-state index contributed by atoms with van der Waals surface area (Å²) < 4.78 is 4.05. The second-order valence-electron chi connectivity index (χ2n) is 2.51. The Kier molecular flexibility index (Phi) is 3.53. The average Bonchev–Trinajstić information content (AvgIpc) is 1.84. The van der Waals surface area contributed by atoms with Gasteiger partial charge in [0.2, 0.25) is 0 Å². The van der Waals surface area contributed by atoms with Crippen LogP contribution in [0.1, 0.15) is 13.8 Å². The molecule has 0 heterocycles. The minimum atomic E-state index is -1.12. The molecule has 11 heavy (non-hydrogen) atoms. The lowest BCUT2D eigenvalue weighted by molar-refractivity contribution is -0.139. The van der Waals surface area contributed by atoms with Crippen molar-refractivity contribution in [3.05, 3.63) is 0 Å². The third-order valence-electron chi connectivity index (χ3n) is 1.19. The van der Waals surface area contributed by atoms with Gasteiger partial charge in [0, 0.05) is 0 Å². The van der Waals surface area contributed by atoms with Gasteiger partial charge in [0.25, 0.3) is 0 Å². The summed E-state index contributed by atoms with van der Waals surface area (Å²) in [5.74, 6) is -0.852. The molecule has 4 N–H and O–H groups in total. The van der Waals surface area contributed by atoms with Crippen LogP contribution in [0.15, 0.2) is 0 Å². The van der Waals surface area contributed by atoms with Gasteiger partial charge in [-0.15, -0.1) is 0 Å². The quantitative estimate of drug-likeness (QED) is 0.424. The summed E-state index contributed by atoms with van der Waals surface area (Å²) in [4.78, 5) is 20.8. The van der Waals surface area contributed by atoms with Crippen molar-refractivity contribution in [2.45, 2.75) is 19.9 Å². The van der Waals surface area contributed by atoms with Gasteiger partial charge >= 0.3 is 12.1 Å². The highest BCUT2D eigenvalue weighted by atomic mass is 16.6. The fourth-order valence-electron chi connectivity index (χ4n) is 0.439. The largest absolute Gasteiger partial charge is 0.412 e. The van der Waals surface area contributed by atoms with Crippen LogP contribution in [0, 0.1) is 5.92 Å². The first-order valence-corrected chi connectivity index (χ1v) is 3.22. The number of primary amides is 1. The number of hydrogen-bond donors (Lipinski definition) is 2. The molecular formula is C6H12N2O3. The third-order valence-corrected chi connectivity index (χ3v) is 1.19. The SMILES string of the molecule is CC(C)[C@H](N)C(=O)OC(N)=O. The van der Waals surface area contributed by atoms with E-state index < -0.39 is 18.1 Å². The molecule has 0 aromatic rings. The highest BCUT2D eigenvalue weighted by Gasteiger charge is 2.20. The van der Waals surface area contributed by atoms with E-state index in [1.807, 2.05) is 0 Å². The van der Waals surface area contributed by atoms with Crippen LogP contribution in [0.2, 0.25) is 0 Å². The lowest BCUT2D eigenvalue weighted by Gasteiger charge is -2.11. The highest BCUT2D eigenvalue weighted by Crippen LogP contribution is 1.99. The molecule has 0 aliphatic rings. The maximum atomic E-state index is 10.7. The van der Waals surface area contributed by atoms with Gasteiger partial charge in [-0.2, -0.15) is 0 Å². The Morgan fingerprint density at radius 2 is 1.82 bits per heavy atom. The highest BCUT2D eigenvalue weighted by molar-refractivity contribution is 5.86. The molecule has 0 rings (SSSR count). The molecule has 0 aromatic carbocycles. The maximum Gasteiger partial charge on any atom is 0.412 e. The van der Waals surface area contributed by atoms with Crippen molar-refractivity contribution in [3.63, 3.8) is 0 Å². The van der Waals surface area contributed by atoms with Crippen LogP contribution < -0.4 is 11.5 Å². The van der Waals surface area contributed by atoms with Crippen molar-refractivity contribution in [1.29, 1.82) is 0 Å². The Morgan fingerprint density at radius 1 is 1.36 bits per heavy atom. The topological polar surface area (TPSA) is 95.4 Å². The summed E-state index contributed by atoms with van der Waals surface area (Å²) in [7, 11) is 0. The molecule has 0 unspecified atom stereocenters. The second kappa shape index (κ2) is 3.92. The first-order valence-electron chi connectivity index (χ1n) is 3.22. The van der Waals surface area contributed by atoms with Crippen LogP contribution in [-0.4, -0.2) is 18.1 Å². The van der Waals surface area contributed by atoms with Crippen molar-refractivity contribution in [1.82, 2.24) is 0 Å². The van der Waals surface area contributed by atoms with E-state index in [1.165, 1.54) is 0 Å². The smallest absolute Gasteiger partial charge is 0.375 e. The molecule has 1 amide bonds. The van der Waals surface area contributed by atoms with Crippen molar-refractivity contribution in [2.75, 3.05) is 0 Å². The number of esters is 1. The van der Waals surface area contributed by atoms with Gasteiger partial charge in [-0.05, 0) is 5.92 Å². The minimum Gasteiger partial charge on any atom is -0.375 e. The number of carbonyl (C=O) groups excluding carboxylic acids is 2. The third kappa shape index (κ3) is 3.57. The monoisotopic (exact) mass is 160 g/mol. The molecule has 0 saturated carbocycles. The van der Waals surface area contributed by atoms with Gasteiger partial charge in [0.1, 0.15) is 6.04 Å². The van der Waals surface area contributed by atoms with Gasteiger partial charge in [0.05, 0.1) is 0 Å². The van der Waals surface area contributed by atoms with Crippen molar-refractivity contribution in [2.24, 2.45) is 17.4 Å². The van der Waals surface area contributed by atoms with Gasteiger partial charge in [-0.3, -0.25) is 0 Å². The molecule has 5 heteroatoms. The normalized spacial score (nSPS) is 12.7. The molecule has 5 nitrogen and oxygen atoms in total. The van der Waals surface area contributed by atoms with Gasteiger partial charge < -0.3 is 16.2 Å². The van der Waals surface area contributed by atoms with Gasteiger partial charge in [-0.25, -0.2) is 9.59 Å². The average molecular weight is 160 g/mol. The molecule has 0 aliphatic carbocycles. The number of hydrogen-bond acceptors (Lipinski definition) is 4. The molecular weight excluding hydrogens is 148 g/mol. The first kappa shape index (κ1) is 9.90. The van der Waals surface area contributed by atoms with Crippen molar-refractivity contribution >= 4 is 12.1 Å². The van der Waals surface area contributed by atoms with Crippen LogP contribution in [-0.2, 0) is 9.53 Å². The van der Waals surface area contributed by atoms with Gasteiger partial charge in [-0.1, -0.05) is 13.8 Å². The summed E-state index contributed by atoms with van der Waals surface area (Å²) in [6, 6.07) is -0.789. The Labute approximate surface area is 64.7 Å². The molecule has 0 aromatic heterocycles. The molecule has 0 fully saturated rings. The number of amides is 1. The Bertz CT molecular complexity index is 167. The van der Waals surface area contributed by atoms with E-state index in [0.717, 1.165) is 0 Å². The standard InChI is InChI=1S/C6H12N2O3/c1-3(2)4(7)5(9)11-6(8)10/h3-4H,7H2,1-2H3,(H2,8,10)/t4-/m0/s1. The Morgan fingerprint density at radius 3 is 2.09 bits per heavy atom. The number of rotatable bonds is 2. The fraction of sp³-hybridized carbons (Fsp3) is 0.667. The first-order chi connectivity index (χ1) is 4.95. The Balaban J connectivity index is 3.93. The predicted molar refractivity (Wildman–Crippen MR) is 38.5 cm³/mol. The predicted octanol–water partition coefficient (Wildman–Crippen LogP) is -0.408. The molecule has 64 valence electrons. The zero-order valence-electron chi connectivity index (χ0n) is 6.53. The number of nitrogens with two attached hydrogens (primary N) is 2. The Hall–Kier alpha value is -1.10. The van der Waals surface area contributed by atoms with Gasteiger partial charge in [0.15, 0.2) is 0 Å². The molecule has 0 saturated heterocycles. The molecule has 0 bridgehead atoms. The van der Waals surface area contributed by atoms with Crippen molar-refractivity contribution < 1.29 is 14.3 Å². The minimum absolute atomic E-state index is 0.0677. The zero-order chi connectivity index (χ0) is 9.02. The van der Waals surface area contributed by atoms with E-state index in [2.05, 4.69) is 10.5 Å². The van der Waals surface area contributed by atoms with E-state index in [9.17, 15) is 9.59 Å². The van der Waals surface area contributed by atoms with Crippen LogP contribution in [0.5, 0.6) is 0 Å². The number of carbonyl (C=O) groups is 2. The fourth-order valence-corrected chi connectivity index (χ4v) is 0.439. The van der Waals surface area contributed by atoms with E-state index in [0.29, 0.717) is 0 Å². The van der Waals surface area contributed by atoms with Crippen molar-refractivity contribution in [3.8, 4) is 0 Å². The van der Waals surface area contributed by atoms with Crippen LogP contribution in [0.25, 0.3) is 0 Å². The lowest BCUT2D eigenvalue weighted by Crippen LogP contribution is -2.39. The summed E-state index contributed by atoms with van der Waals surface area (Å²) >= 11 is 0. The summed E-state index contributed by atoms with van der Waals surface area (Å²) in [5.41, 5.74) is 9.92. The van der Waals surface area contributed by atoms with E-state index >= 15 is 0 Å². The molecule has 0 spiro atoms. The lowest BCUT2D eigenvalue weighted by atomic mass is 10.1. The van der Waals surface area contributed by atoms with E-state index in [-0.39, 0.29) is 5.92 Å². The van der Waals surface area contributed by atoms with Crippen LogP contribution in [0.3, 0.4) is 0 Å². The van der Waals surface area contributed by atoms with E-state index in [1.54, 1.807) is 13.8 Å².